The predicted molar refractivity (Wildman–Crippen MR) is 97.9 cm³/mol. The fraction of sp³-hybridized carbons (Fsp3) is 0.444. The van der Waals surface area contributed by atoms with Gasteiger partial charge in [-0.1, -0.05) is 23.8 Å². The molecule has 0 unspecified atom stereocenters. The van der Waals surface area contributed by atoms with Gasteiger partial charge in [0.15, 0.2) is 0 Å². The quantitative estimate of drug-likeness (QED) is 0.849. The van der Waals surface area contributed by atoms with Crippen LogP contribution in [0.25, 0.3) is 11.3 Å². The highest BCUT2D eigenvalue weighted by molar-refractivity contribution is 5.85. The molecule has 0 spiro atoms. The summed E-state index contributed by atoms with van der Waals surface area (Å²) in [6.45, 7) is 8.73. The van der Waals surface area contributed by atoms with Crippen LogP contribution in [0.4, 0.5) is 0 Å². The van der Waals surface area contributed by atoms with E-state index in [1.54, 1.807) is 4.68 Å². The average Bonchev–Trinajstić information content (AvgIpc) is 2.57. The van der Waals surface area contributed by atoms with Crippen molar-refractivity contribution in [2.45, 2.75) is 20.4 Å². The third kappa shape index (κ3) is 4.44. The number of nitrogens with zero attached hydrogens (tertiary/aromatic N) is 3. The van der Waals surface area contributed by atoms with Crippen molar-refractivity contribution in [2.75, 3.05) is 32.8 Å². The van der Waals surface area contributed by atoms with Crippen LogP contribution in [0, 0.1) is 13.8 Å². The van der Waals surface area contributed by atoms with Gasteiger partial charge in [-0.25, -0.2) is 4.68 Å². The average molecular weight is 350 g/mol. The Bertz CT molecular complexity index is 739. The number of halogens is 1. The van der Waals surface area contributed by atoms with Gasteiger partial charge in [0.2, 0.25) is 0 Å². The van der Waals surface area contributed by atoms with E-state index in [9.17, 15) is 4.79 Å². The summed E-state index contributed by atoms with van der Waals surface area (Å²) in [7, 11) is 0. The van der Waals surface area contributed by atoms with E-state index in [0.29, 0.717) is 6.54 Å². The van der Waals surface area contributed by atoms with Crippen LogP contribution < -0.4 is 5.56 Å². The van der Waals surface area contributed by atoms with Crippen LogP contribution in [0.3, 0.4) is 0 Å². The normalized spacial score (nSPS) is 15.1. The monoisotopic (exact) mass is 349 g/mol. The smallest absolute Gasteiger partial charge is 0.269 e. The van der Waals surface area contributed by atoms with Crippen molar-refractivity contribution in [3.8, 4) is 11.3 Å². The summed E-state index contributed by atoms with van der Waals surface area (Å²) >= 11 is 0. The zero-order valence-electron chi connectivity index (χ0n) is 14.2. The molecule has 1 aromatic heterocycles. The standard InChI is InChI=1S/C18H23N3O2.ClH/c1-14-4-3-5-16(12-14)17-13-15(2)18(22)21(19-17)7-6-20-8-10-23-11-9-20;/h3-5,12-13H,6-11H2,1-2H3;1H. The number of hydrogen-bond acceptors (Lipinski definition) is 4. The SMILES string of the molecule is Cc1cccc(-c2cc(C)c(=O)n(CCN3CCOCC3)n2)c1.Cl. The first-order valence-electron chi connectivity index (χ1n) is 8.09. The molecular weight excluding hydrogens is 326 g/mol. The summed E-state index contributed by atoms with van der Waals surface area (Å²) in [5, 5.41) is 4.58. The van der Waals surface area contributed by atoms with Crippen LogP contribution in [0.2, 0.25) is 0 Å². The van der Waals surface area contributed by atoms with Crippen LogP contribution in [-0.4, -0.2) is 47.5 Å². The number of hydrogen-bond donors (Lipinski definition) is 0. The first kappa shape index (κ1) is 18.6. The Morgan fingerprint density at radius 1 is 1.12 bits per heavy atom. The number of morpholine rings is 1. The highest BCUT2D eigenvalue weighted by Crippen LogP contribution is 2.17. The second-order valence-electron chi connectivity index (χ2n) is 6.06. The van der Waals surface area contributed by atoms with E-state index in [-0.39, 0.29) is 18.0 Å². The molecule has 130 valence electrons. The Hall–Kier alpha value is -1.69. The molecule has 6 heteroatoms. The zero-order valence-corrected chi connectivity index (χ0v) is 15.0. The van der Waals surface area contributed by atoms with Gasteiger partial charge in [0, 0.05) is 30.8 Å². The fourth-order valence-corrected chi connectivity index (χ4v) is 2.83. The largest absolute Gasteiger partial charge is 0.379 e. The summed E-state index contributed by atoms with van der Waals surface area (Å²) in [4.78, 5) is 14.7. The lowest BCUT2D eigenvalue weighted by atomic mass is 10.1. The fourth-order valence-electron chi connectivity index (χ4n) is 2.83. The van der Waals surface area contributed by atoms with Gasteiger partial charge >= 0.3 is 0 Å². The van der Waals surface area contributed by atoms with Gasteiger partial charge < -0.3 is 4.74 Å². The Balaban J connectivity index is 0.00000208. The number of benzene rings is 1. The first-order valence-corrected chi connectivity index (χ1v) is 8.09. The van der Waals surface area contributed by atoms with Gasteiger partial charge in [-0.2, -0.15) is 5.10 Å². The van der Waals surface area contributed by atoms with Crippen LogP contribution >= 0.6 is 12.4 Å². The van der Waals surface area contributed by atoms with Crippen LogP contribution in [-0.2, 0) is 11.3 Å². The molecule has 1 aromatic carbocycles. The van der Waals surface area contributed by atoms with E-state index >= 15 is 0 Å². The Morgan fingerprint density at radius 3 is 2.58 bits per heavy atom. The summed E-state index contributed by atoms with van der Waals surface area (Å²) in [6, 6.07) is 10.1. The van der Waals surface area contributed by atoms with Crippen molar-refractivity contribution in [3.63, 3.8) is 0 Å². The van der Waals surface area contributed by atoms with E-state index in [1.807, 2.05) is 25.1 Å². The van der Waals surface area contributed by atoms with Gasteiger partial charge in [-0.05, 0) is 26.0 Å². The van der Waals surface area contributed by atoms with E-state index in [1.165, 1.54) is 5.56 Å². The molecule has 1 aliphatic heterocycles. The molecule has 0 saturated carbocycles. The number of ether oxygens (including phenoxy) is 1. The molecule has 0 bridgehead atoms. The lowest BCUT2D eigenvalue weighted by Crippen LogP contribution is -2.40. The Morgan fingerprint density at radius 2 is 1.88 bits per heavy atom. The summed E-state index contributed by atoms with van der Waals surface area (Å²) in [6.07, 6.45) is 0. The van der Waals surface area contributed by atoms with Gasteiger partial charge in [0.25, 0.3) is 5.56 Å². The summed E-state index contributed by atoms with van der Waals surface area (Å²) in [5.41, 5.74) is 3.82. The molecule has 1 fully saturated rings. The molecular formula is C18H24ClN3O2. The minimum atomic E-state index is -0.00494. The third-order valence-electron chi connectivity index (χ3n) is 4.20. The van der Waals surface area contributed by atoms with E-state index in [4.69, 9.17) is 4.74 Å². The van der Waals surface area contributed by atoms with Gasteiger partial charge in [-0.3, -0.25) is 9.69 Å². The third-order valence-corrected chi connectivity index (χ3v) is 4.20. The molecule has 24 heavy (non-hydrogen) atoms. The molecule has 0 radical (unpaired) electrons. The molecule has 2 heterocycles. The molecule has 0 amide bonds. The summed E-state index contributed by atoms with van der Waals surface area (Å²) in [5.74, 6) is 0. The van der Waals surface area contributed by atoms with Crippen LogP contribution in [0.5, 0.6) is 0 Å². The van der Waals surface area contributed by atoms with Crippen molar-refractivity contribution >= 4 is 12.4 Å². The zero-order chi connectivity index (χ0) is 16.2. The van der Waals surface area contributed by atoms with Crippen molar-refractivity contribution in [1.82, 2.24) is 14.7 Å². The van der Waals surface area contributed by atoms with Crippen LogP contribution in [0.15, 0.2) is 35.1 Å². The Labute approximate surface area is 148 Å². The lowest BCUT2D eigenvalue weighted by molar-refractivity contribution is 0.0358. The molecule has 0 atom stereocenters. The van der Waals surface area contributed by atoms with E-state index < -0.39 is 0 Å². The minimum absolute atomic E-state index is 0. The summed E-state index contributed by atoms with van der Waals surface area (Å²) < 4.78 is 6.96. The van der Waals surface area contributed by atoms with Crippen molar-refractivity contribution in [2.24, 2.45) is 0 Å². The molecule has 3 rings (SSSR count). The second-order valence-corrected chi connectivity index (χ2v) is 6.06. The van der Waals surface area contributed by atoms with Crippen molar-refractivity contribution in [1.29, 1.82) is 0 Å². The highest BCUT2D eigenvalue weighted by Gasteiger charge is 2.12. The van der Waals surface area contributed by atoms with E-state index in [2.05, 4.69) is 29.1 Å². The van der Waals surface area contributed by atoms with Gasteiger partial charge in [0.1, 0.15) is 0 Å². The van der Waals surface area contributed by atoms with Gasteiger partial charge in [-0.15, -0.1) is 12.4 Å². The maximum Gasteiger partial charge on any atom is 0.269 e. The number of aromatic nitrogens is 2. The highest BCUT2D eigenvalue weighted by atomic mass is 35.5. The number of rotatable bonds is 4. The molecule has 5 nitrogen and oxygen atoms in total. The first-order chi connectivity index (χ1) is 11.1. The maximum atomic E-state index is 12.3. The topological polar surface area (TPSA) is 47.4 Å². The van der Waals surface area contributed by atoms with Crippen molar-refractivity contribution < 1.29 is 4.74 Å². The molecule has 0 aliphatic carbocycles. The van der Waals surface area contributed by atoms with E-state index in [0.717, 1.165) is 49.7 Å². The molecule has 1 saturated heterocycles. The molecule has 1 aliphatic rings. The minimum Gasteiger partial charge on any atom is -0.379 e. The second kappa shape index (κ2) is 8.42. The lowest BCUT2D eigenvalue weighted by Gasteiger charge is -2.26. The Kier molecular flexibility index (Phi) is 6.54. The molecule has 0 N–H and O–H groups in total. The predicted octanol–water partition coefficient (Wildman–Crippen LogP) is 2.28. The number of aryl methyl sites for hydroxylation is 2. The van der Waals surface area contributed by atoms with Gasteiger partial charge in [0.05, 0.1) is 25.5 Å². The molecule has 2 aromatic rings. The van der Waals surface area contributed by atoms with Crippen molar-refractivity contribution in [3.05, 3.63) is 51.8 Å². The van der Waals surface area contributed by atoms with Crippen LogP contribution in [0.1, 0.15) is 11.1 Å². The maximum absolute atomic E-state index is 12.3.